The van der Waals surface area contributed by atoms with E-state index < -0.39 is 0 Å². The van der Waals surface area contributed by atoms with Crippen LogP contribution < -0.4 is 0 Å². The van der Waals surface area contributed by atoms with Crippen molar-refractivity contribution < 1.29 is 4.92 Å². The summed E-state index contributed by atoms with van der Waals surface area (Å²) in [5, 5.41) is 10.8. The van der Waals surface area contributed by atoms with Gasteiger partial charge in [0.1, 0.15) is 0 Å². The molecule has 0 radical (unpaired) electrons. The Morgan fingerprint density at radius 1 is 1.28 bits per heavy atom. The quantitative estimate of drug-likeness (QED) is 0.427. The number of nitro groups is 1. The number of hydrogen-bond donors (Lipinski definition) is 0. The molecular formula is C15H17NO2. The second-order valence-corrected chi connectivity index (χ2v) is 4.86. The first-order valence-electron chi connectivity index (χ1n) is 6.43. The van der Waals surface area contributed by atoms with Crippen molar-refractivity contribution in [3.63, 3.8) is 0 Å². The van der Waals surface area contributed by atoms with Gasteiger partial charge in [-0.1, -0.05) is 37.2 Å². The monoisotopic (exact) mass is 243 g/mol. The summed E-state index contributed by atoms with van der Waals surface area (Å²) < 4.78 is 0. The summed E-state index contributed by atoms with van der Waals surface area (Å²) in [7, 11) is 0. The fraction of sp³-hybridized carbons (Fsp3) is 0.467. The van der Waals surface area contributed by atoms with E-state index in [1.54, 1.807) is 19.1 Å². The second kappa shape index (κ2) is 5.68. The van der Waals surface area contributed by atoms with Crippen LogP contribution in [0.25, 0.3) is 0 Å². The van der Waals surface area contributed by atoms with Crippen LogP contribution in [0.4, 0.5) is 5.69 Å². The van der Waals surface area contributed by atoms with Gasteiger partial charge in [-0.2, -0.15) is 0 Å². The zero-order valence-electron chi connectivity index (χ0n) is 10.6. The molecule has 0 unspecified atom stereocenters. The number of hydrogen-bond acceptors (Lipinski definition) is 2. The van der Waals surface area contributed by atoms with Crippen molar-refractivity contribution in [3.05, 3.63) is 39.4 Å². The third-order valence-electron chi connectivity index (χ3n) is 3.43. The molecule has 1 aromatic carbocycles. The van der Waals surface area contributed by atoms with Crippen LogP contribution in [-0.2, 0) is 0 Å². The van der Waals surface area contributed by atoms with Gasteiger partial charge in [0, 0.05) is 23.1 Å². The average Bonchev–Trinajstić information content (AvgIpc) is 2.38. The molecule has 0 bridgehead atoms. The molecule has 0 atom stereocenters. The normalized spacial score (nSPS) is 15.8. The second-order valence-electron chi connectivity index (χ2n) is 4.86. The van der Waals surface area contributed by atoms with Crippen LogP contribution in [0, 0.1) is 34.8 Å². The van der Waals surface area contributed by atoms with Crippen molar-refractivity contribution >= 4 is 5.69 Å². The van der Waals surface area contributed by atoms with Gasteiger partial charge in [-0.25, -0.2) is 0 Å². The zero-order chi connectivity index (χ0) is 13.0. The van der Waals surface area contributed by atoms with Crippen LogP contribution in [0.15, 0.2) is 18.2 Å². The molecule has 0 spiro atoms. The van der Waals surface area contributed by atoms with Crippen molar-refractivity contribution in [3.8, 4) is 11.8 Å². The first kappa shape index (κ1) is 12.6. The third kappa shape index (κ3) is 3.10. The molecule has 0 heterocycles. The molecular weight excluding hydrogens is 226 g/mol. The van der Waals surface area contributed by atoms with E-state index in [2.05, 4.69) is 11.8 Å². The van der Waals surface area contributed by atoms with Gasteiger partial charge < -0.3 is 0 Å². The van der Waals surface area contributed by atoms with Gasteiger partial charge in [-0.05, 0) is 25.8 Å². The van der Waals surface area contributed by atoms with Gasteiger partial charge in [-0.3, -0.25) is 10.1 Å². The van der Waals surface area contributed by atoms with Gasteiger partial charge in [0.05, 0.1) is 4.92 Å². The summed E-state index contributed by atoms with van der Waals surface area (Å²) in [4.78, 5) is 10.5. The molecule has 0 aliphatic heterocycles. The molecule has 18 heavy (non-hydrogen) atoms. The summed E-state index contributed by atoms with van der Waals surface area (Å²) in [5.41, 5.74) is 1.59. The largest absolute Gasteiger partial charge is 0.273 e. The average molecular weight is 243 g/mol. The van der Waals surface area contributed by atoms with E-state index in [-0.39, 0.29) is 10.6 Å². The van der Waals surface area contributed by atoms with Crippen molar-refractivity contribution in [2.75, 3.05) is 0 Å². The predicted molar refractivity (Wildman–Crippen MR) is 71.3 cm³/mol. The Kier molecular flexibility index (Phi) is 3.99. The van der Waals surface area contributed by atoms with Crippen molar-refractivity contribution in [1.29, 1.82) is 0 Å². The van der Waals surface area contributed by atoms with E-state index in [0.717, 1.165) is 5.56 Å². The molecule has 3 nitrogen and oxygen atoms in total. The molecule has 0 amide bonds. The topological polar surface area (TPSA) is 43.1 Å². The molecule has 1 aliphatic rings. The lowest BCUT2D eigenvalue weighted by molar-refractivity contribution is -0.385. The molecule has 1 saturated carbocycles. The number of nitrogens with zero attached hydrogens (tertiary/aromatic N) is 1. The third-order valence-corrected chi connectivity index (χ3v) is 3.43. The molecule has 0 N–H and O–H groups in total. The van der Waals surface area contributed by atoms with E-state index in [1.165, 1.54) is 32.1 Å². The molecule has 94 valence electrons. The van der Waals surface area contributed by atoms with E-state index >= 15 is 0 Å². The Morgan fingerprint density at radius 2 is 2.00 bits per heavy atom. The number of aryl methyl sites for hydroxylation is 1. The summed E-state index contributed by atoms with van der Waals surface area (Å²) >= 11 is 0. The van der Waals surface area contributed by atoms with Crippen LogP contribution in [-0.4, -0.2) is 4.92 Å². The highest BCUT2D eigenvalue weighted by Gasteiger charge is 2.11. The minimum atomic E-state index is -0.346. The molecule has 1 aromatic rings. The van der Waals surface area contributed by atoms with E-state index in [0.29, 0.717) is 11.5 Å². The summed E-state index contributed by atoms with van der Waals surface area (Å²) in [6, 6.07) is 5.20. The van der Waals surface area contributed by atoms with Gasteiger partial charge >= 0.3 is 0 Å². The SMILES string of the molecule is Cc1ccc(C#CC2CCCCC2)cc1[N+](=O)[O-]. The number of rotatable bonds is 1. The highest BCUT2D eigenvalue weighted by atomic mass is 16.6. The van der Waals surface area contributed by atoms with Crippen LogP contribution in [0.2, 0.25) is 0 Å². The summed E-state index contributed by atoms with van der Waals surface area (Å²) in [6.07, 6.45) is 6.16. The Bertz CT molecular complexity index is 505. The summed E-state index contributed by atoms with van der Waals surface area (Å²) in [6.45, 7) is 1.75. The van der Waals surface area contributed by atoms with Gasteiger partial charge in [0.25, 0.3) is 5.69 Å². The molecule has 3 heteroatoms. The van der Waals surface area contributed by atoms with Crippen LogP contribution in [0.1, 0.15) is 43.2 Å². The zero-order valence-corrected chi connectivity index (χ0v) is 10.6. The first-order chi connectivity index (χ1) is 8.66. The van der Waals surface area contributed by atoms with Crippen molar-refractivity contribution in [2.24, 2.45) is 5.92 Å². The van der Waals surface area contributed by atoms with Gasteiger partial charge in [-0.15, -0.1) is 0 Å². The summed E-state index contributed by atoms with van der Waals surface area (Å²) in [5.74, 6) is 6.80. The fourth-order valence-corrected chi connectivity index (χ4v) is 2.32. The lowest BCUT2D eigenvalue weighted by Gasteiger charge is -2.15. The minimum absolute atomic E-state index is 0.158. The maximum atomic E-state index is 10.8. The number of benzene rings is 1. The fourth-order valence-electron chi connectivity index (χ4n) is 2.32. The molecule has 1 fully saturated rings. The van der Waals surface area contributed by atoms with Crippen molar-refractivity contribution in [2.45, 2.75) is 39.0 Å². The van der Waals surface area contributed by atoms with Crippen LogP contribution in [0.5, 0.6) is 0 Å². The molecule has 1 aliphatic carbocycles. The molecule has 0 aromatic heterocycles. The maximum Gasteiger partial charge on any atom is 0.273 e. The van der Waals surface area contributed by atoms with Crippen LogP contribution in [0.3, 0.4) is 0 Å². The van der Waals surface area contributed by atoms with Crippen molar-refractivity contribution in [1.82, 2.24) is 0 Å². The van der Waals surface area contributed by atoms with Crippen LogP contribution >= 0.6 is 0 Å². The molecule has 2 rings (SSSR count). The lowest BCUT2D eigenvalue weighted by atomic mass is 9.89. The van der Waals surface area contributed by atoms with E-state index in [4.69, 9.17) is 0 Å². The Hall–Kier alpha value is -1.82. The molecule has 0 saturated heterocycles. The highest BCUT2D eigenvalue weighted by Crippen LogP contribution is 2.23. The first-order valence-corrected chi connectivity index (χ1v) is 6.43. The van der Waals surface area contributed by atoms with E-state index in [1.807, 2.05) is 6.07 Å². The maximum absolute atomic E-state index is 10.8. The van der Waals surface area contributed by atoms with Gasteiger partial charge in [0.2, 0.25) is 0 Å². The predicted octanol–water partition coefficient (Wildman–Crippen LogP) is 3.84. The standard InChI is InChI=1S/C15H17NO2/c1-12-7-8-14(11-15(12)16(17)18)10-9-13-5-3-2-4-6-13/h7-8,11,13H,2-6H2,1H3. The minimum Gasteiger partial charge on any atom is -0.258 e. The highest BCUT2D eigenvalue weighted by molar-refractivity contribution is 5.48. The Morgan fingerprint density at radius 3 is 2.67 bits per heavy atom. The Balaban J connectivity index is 2.16. The van der Waals surface area contributed by atoms with Gasteiger partial charge in [0.15, 0.2) is 0 Å². The van der Waals surface area contributed by atoms with E-state index in [9.17, 15) is 10.1 Å². The Labute approximate surface area is 107 Å². The lowest BCUT2D eigenvalue weighted by Crippen LogP contribution is -2.03. The number of nitro benzene ring substituents is 1. The smallest absolute Gasteiger partial charge is 0.258 e.